The number of hydrogen-bond donors (Lipinski definition) is 1. The molecule has 2 aliphatic heterocycles. The number of piperazine rings is 1. The number of rotatable bonds is 4. The van der Waals surface area contributed by atoms with Gasteiger partial charge in [-0.05, 0) is 43.9 Å². The molecule has 0 aromatic heterocycles. The Labute approximate surface area is 129 Å². The second-order valence-corrected chi connectivity index (χ2v) is 7.71. The lowest BCUT2D eigenvalue weighted by Gasteiger charge is -2.42. The van der Waals surface area contributed by atoms with Gasteiger partial charge in [0.2, 0.25) is 0 Å². The van der Waals surface area contributed by atoms with Gasteiger partial charge >= 0.3 is 0 Å². The molecular formula is C17H32N2O2. The van der Waals surface area contributed by atoms with Crippen molar-refractivity contribution >= 4 is 0 Å². The molecule has 2 heterocycles. The van der Waals surface area contributed by atoms with Crippen LogP contribution in [-0.4, -0.2) is 73.0 Å². The molecular weight excluding hydrogens is 264 g/mol. The number of nitrogens with zero attached hydrogens (tertiary/aromatic N) is 2. The van der Waals surface area contributed by atoms with E-state index in [1.54, 1.807) is 0 Å². The van der Waals surface area contributed by atoms with E-state index in [0.717, 1.165) is 70.6 Å². The van der Waals surface area contributed by atoms with E-state index in [-0.39, 0.29) is 0 Å². The Kier molecular flexibility index (Phi) is 5.20. The van der Waals surface area contributed by atoms with Crippen LogP contribution in [-0.2, 0) is 4.74 Å². The van der Waals surface area contributed by atoms with E-state index < -0.39 is 5.60 Å². The molecule has 1 saturated carbocycles. The molecule has 4 nitrogen and oxygen atoms in total. The van der Waals surface area contributed by atoms with E-state index in [2.05, 4.69) is 16.7 Å². The Bertz CT molecular complexity index is 315. The van der Waals surface area contributed by atoms with E-state index in [9.17, 15) is 5.11 Å². The van der Waals surface area contributed by atoms with Gasteiger partial charge in [-0.1, -0.05) is 6.92 Å². The number of β-amino-alcohol motifs (C(OH)–C–C–N with tert-alkyl or cyclic N) is 1. The Morgan fingerprint density at radius 2 is 1.71 bits per heavy atom. The van der Waals surface area contributed by atoms with Gasteiger partial charge in [-0.15, -0.1) is 0 Å². The lowest BCUT2D eigenvalue weighted by molar-refractivity contribution is -0.0440. The Hall–Kier alpha value is -0.160. The van der Waals surface area contributed by atoms with Gasteiger partial charge in [0, 0.05) is 45.9 Å². The molecule has 1 aliphatic carbocycles. The number of aliphatic hydroxyl groups is 1. The van der Waals surface area contributed by atoms with Crippen LogP contribution in [0.15, 0.2) is 0 Å². The minimum Gasteiger partial charge on any atom is -0.389 e. The normalized spacial score (nSPS) is 39.7. The summed E-state index contributed by atoms with van der Waals surface area (Å²) < 4.78 is 5.47. The molecule has 1 N–H and O–H groups in total. The highest BCUT2D eigenvalue weighted by Crippen LogP contribution is 2.32. The summed E-state index contributed by atoms with van der Waals surface area (Å²) in [5.41, 5.74) is -0.409. The van der Waals surface area contributed by atoms with Crippen molar-refractivity contribution in [2.75, 3.05) is 52.5 Å². The monoisotopic (exact) mass is 296 g/mol. The SMILES string of the molecule is CC1CCC(O)(CN2CCN(C[C@H]3CCOC3)CC2)CC1. The van der Waals surface area contributed by atoms with E-state index in [4.69, 9.17) is 4.74 Å². The van der Waals surface area contributed by atoms with Crippen molar-refractivity contribution in [1.82, 2.24) is 9.80 Å². The van der Waals surface area contributed by atoms with Gasteiger partial charge in [0.1, 0.15) is 0 Å². The first kappa shape index (κ1) is 15.7. The molecule has 21 heavy (non-hydrogen) atoms. The molecule has 0 aromatic carbocycles. The molecule has 0 amide bonds. The van der Waals surface area contributed by atoms with Crippen LogP contribution in [0, 0.1) is 11.8 Å². The minimum atomic E-state index is -0.409. The molecule has 4 heteroatoms. The van der Waals surface area contributed by atoms with Crippen molar-refractivity contribution in [2.24, 2.45) is 11.8 Å². The quantitative estimate of drug-likeness (QED) is 0.854. The van der Waals surface area contributed by atoms with E-state index in [1.807, 2.05) is 0 Å². The van der Waals surface area contributed by atoms with Crippen molar-refractivity contribution in [3.63, 3.8) is 0 Å². The fourth-order valence-electron chi connectivity index (χ4n) is 4.10. The summed E-state index contributed by atoms with van der Waals surface area (Å²) in [6, 6.07) is 0. The van der Waals surface area contributed by atoms with Crippen molar-refractivity contribution in [1.29, 1.82) is 0 Å². The summed E-state index contributed by atoms with van der Waals surface area (Å²) in [6.07, 6.45) is 5.61. The highest BCUT2D eigenvalue weighted by atomic mass is 16.5. The van der Waals surface area contributed by atoms with Gasteiger partial charge in [0.25, 0.3) is 0 Å². The summed E-state index contributed by atoms with van der Waals surface area (Å²) in [5.74, 6) is 1.55. The van der Waals surface area contributed by atoms with E-state index in [0.29, 0.717) is 0 Å². The predicted octanol–water partition coefficient (Wildman–Crippen LogP) is 1.58. The molecule has 2 saturated heterocycles. The van der Waals surface area contributed by atoms with Gasteiger partial charge < -0.3 is 14.7 Å². The molecule has 1 atom stereocenters. The lowest BCUT2D eigenvalue weighted by Crippen LogP contribution is -2.53. The second kappa shape index (κ2) is 6.95. The second-order valence-electron chi connectivity index (χ2n) is 7.71. The summed E-state index contributed by atoms with van der Waals surface area (Å²) >= 11 is 0. The van der Waals surface area contributed by atoms with Gasteiger partial charge in [0.15, 0.2) is 0 Å². The molecule has 3 rings (SSSR count). The third kappa shape index (κ3) is 4.41. The smallest absolute Gasteiger partial charge is 0.0774 e. The molecule has 0 bridgehead atoms. The maximum atomic E-state index is 10.8. The fraction of sp³-hybridized carbons (Fsp3) is 1.00. The predicted molar refractivity (Wildman–Crippen MR) is 84.4 cm³/mol. The molecule has 0 unspecified atom stereocenters. The third-order valence-corrected chi connectivity index (χ3v) is 5.73. The van der Waals surface area contributed by atoms with Gasteiger partial charge in [-0.2, -0.15) is 0 Å². The van der Waals surface area contributed by atoms with Crippen LogP contribution >= 0.6 is 0 Å². The first-order valence-electron chi connectivity index (χ1n) is 8.88. The summed E-state index contributed by atoms with van der Waals surface area (Å²) in [4.78, 5) is 5.07. The average Bonchev–Trinajstić information content (AvgIpc) is 2.98. The average molecular weight is 296 g/mol. The van der Waals surface area contributed by atoms with Crippen LogP contribution in [0.4, 0.5) is 0 Å². The van der Waals surface area contributed by atoms with E-state index >= 15 is 0 Å². The Balaban J connectivity index is 1.39. The van der Waals surface area contributed by atoms with Crippen molar-refractivity contribution < 1.29 is 9.84 Å². The third-order valence-electron chi connectivity index (χ3n) is 5.73. The van der Waals surface area contributed by atoms with Crippen LogP contribution in [0.5, 0.6) is 0 Å². The number of ether oxygens (including phenoxy) is 1. The van der Waals surface area contributed by atoms with Crippen LogP contribution in [0.3, 0.4) is 0 Å². The van der Waals surface area contributed by atoms with Crippen LogP contribution < -0.4 is 0 Å². The first-order valence-corrected chi connectivity index (χ1v) is 8.88. The lowest BCUT2D eigenvalue weighted by atomic mass is 9.79. The highest BCUT2D eigenvalue weighted by molar-refractivity contribution is 4.89. The maximum absolute atomic E-state index is 10.8. The van der Waals surface area contributed by atoms with Crippen LogP contribution in [0.2, 0.25) is 0 Å². The molecule has 0 spiro atoms. The molecule has 3 aliphatic rings. The molecule has 0 radical (unpaired) electrons. The fourth-order valence-corrected chi connectivity index (χ4v) is 4.10. The summed E-state index contributed by atoms with van der Waals surface area (Å²) in [6.45, 7) is 10.9. The topological polar surface area (TPSA) is 35.9 Å². The molecule has 3 fully saturated rings. The van der Waals surface area contributed by atoms with Gasteiger partial charge in [-0.3, -0.25) is 4.90 Å². The largest absolute Gasteiger partial charge is 0.389 e. The van der Waals surface area contributed by atoms with Crippen molar-refractivity contribution in [3.8, 4) is 0 Å². The summed E-state index contributed by atoms with van der Waals surface area (Å²) in [7, 11) is 0. The highest BCUT2D eigenvalue weighted by Gasteiger charge is 2.34. The Morgan fingerprint density at radius 3 is 2.33 bits per heavy atom. The van der Waals surface area contributed by atoms with Crippen molar-refractivity contribution in [2.45, 2.75) is 44.6 Å². The standard InChI is InChI=1S/C17H32N2O2/c1-15-2-5-17(20,6-3-15)14-19-9-7-18(8-10-19)12-16-4-11-21-13-16/h15-16,20H,2-14H2,1H3/t15?,16-,17?/m1/s1. The van der Waals surface area contributed by atoms with Crippen LogP contribution in [0.25, 0.3) is 0 Å². The zero-order valence-electron chi connectivity index (χ0n) is 13.6. The maximum Gasteiger partial charge on any atom is 0.0774 e. The number of hydrogen-bond acceptors (Lipinski definition) is 4. The zero-order chi connectivity index (χ0) is 14.7. The van der Waals surface area contributed by atoms with Crippen molar-refractivity contribution in [3.05, 3.63) is 0 Å². The first-order chi connectivity index (χ1) is 10.1. The zero-order valence-corrected chi connectivity index (χ0v) is 13.6. The minimum absolute atomic E-state index is 0.409. The molecule has 0 aromatic rings. The van der Waals surface area contributed by atoms with Crippen LogP contribution in [0.1, 0.15) is 39.0 Å². The van der Waals surface area contributed by atoms with Gasteiger partial charge in [0.05, 0.1) is 12.2 Å². The molecule has 122 valence electrons. The summed E-state index contributed by atoms with van der Waals surface area (Å²) in [5, 5.41) is 10.8. The van der Waals surface area contributed by atoms with Gasteiger partial charge in [-0.25, -0.2) is 0 Å². The Morgan fingerprint density at radius 1 is 1.05 bits per heavy atom. The van der Waals surface area contributed by atoms with E-state index in [1.165, 1.54) is 25.8 Å².